The third-order valence-electron chi connectivity index (χ3n) is 5.42. The monoisotopic (exact) mass is 492 g/mol. The van der Waals surface area contributed by atoms with E-state index in [2.05, 4.69) is 10.1 Å². The van der Waals surface area contributed by atoms with Gasteiger partial charge in [-0.1, -0.05) is 41.0 Å². The largest absolute Gasteiger partial charge is 0.493 e. The Labute approximate surface area is 205 Å². The van der Waals surface area contributed by atoms with E-state index < -0.39 is 0 Å². The molecule has 1 atom stereocenters. The summed E-state index contributed by atoms with van der Waals surface area (Å²) in [7, 11) is 3.20. The number of thiophene rings is 1. The second kappa shape index (κ2) is 9.85. The lowest BCUT2D eigenvalue weighted by molar-refractivity contribution is 0.0541. The maximum Gasteiger partial charge on any atom is 0.163 e. The summed E-state index contributed by atoms with van der Waals surface area (Å²) in [4.78, 5) is 5.59. The first-order chi connectivity index (χ1) is 16.7. The van der Waals surface area contributed by atoms with Gasteiger partial charge in [0.05, 0.1) is 19.7 Å². The average Bonchev–Trinajstić information content (AvgIpc) is 3.57. The highest BCUT2D eigenvalue weighted by atomic mass is 35.5. The molecule has 0 aliphatic rings. The summed E-state index contributed by atoms with van der Waals surface area (Å²) in [5.74, 6) is 1.87. The number of hydrogen-bond acceptors (Lipinski definition) is 7. The summed E-state index contributed by atoms with van der Waals surface area (Å²) in [5.41, 5.74) is 3.18. The fourth-order valence-electron chi connectivity index (χ4n) is 3.74. The molecule has 0 aliphatic carbocycles. The van der Waals surface area contributed by atoms with Crippen LogP contribution >= 0.6 is 22.9 Å². The summed E-state index contributed by atoms with van der Waals surface area (Å²) in [6, 6.07) is 21.4. The van der Waals surface area contributed by atoms with Gasteiger partial charge in [-0.3, -0.25) is 0 Å². The van der Waals surface area contributed by atoms with E-state index in [0.717, 1.165) is 26.9 Å². The minimum Gasteiger partial charge on any atom is -0.493 e. The van der Waals surface area contributed by atoms with Gasteiger partial charge in [-0.25, -0.2) is 4.98 Å². The van der Waals surface area contributed by atoms with Gasteiger partial charge in [0.2, 0.25) is 0 Å². The van der Waals surface area contributed by atoms with Crippen molar-refractivity contribution < 1.29 is 18.7 Å². The molecule has 0 saturated heterocycles. The summed E-state index contributed by atoms with van der Waals surface area (Å²) in [5, 5.41) is 7.63. The van der Waals surface area contributed by atoms with Crippen molar-refractivity contribution in [3.63, 3.8) is 0 Å². The van der Waals surface area contributed by atoms with Gasteiger partial charge in [-0.15, -0.1) is 11.3 Å². The number of pyridine rings is 1. The minimum atomic E-state index is -0.390. The molecule has 3 aromatic heterocycles. The SMILES string of the molecule is COc1ccc(-c2cc(COC(c3cccs3)c3cc4ccccc4nc3Cl)on2)cc1OC. The number of nitrogens with zero attached hydrogens (tertiary/aromatic N) is 2. The third kappa shape index (κ3) is 4.50. The van der Waals surface area contributed by atoms with Gasteiger partial charge in [0, 0.05) is 27.5 Å². The topological polar surface area (TPSA) is 66.6 Å². The number of para-hydroxylation sites is 1. The zero-order chi connectivity index (χ0) is 23.5. The van der Waals surface area contributed by atoms with E-state index >= 15 is 0 Å². The quantitative estimate of drug-likeness (QED) is 0.219. The zero-order valence-electron chi connectivity index (χ0n) is 18.5. The van der Waals surface area contributed by atoms with E-state index in [1.54, 1.807) is 25.6 Å². The predicted molar refractivity (Wildman–Crippen MR) is 133 cm³/mol. The number of halogens is 1. The molecule has 1 unspecified atom stereocenters. The van der Waals surface area contributed by atoms with Gasteiger partial charge in [0.1, 0.15) is 23.6 Å². The number of ether oxygens (including phenoxy) is 3. The van der Waals surface area contributed by atoms with Gasteiger partial charge in [0.25, 0.3) is 0 Å². The molecule has 3 heterocycles. The zero-order valence-corrected chi connectivity index (χ0v) is 20.1. The van der Waals surface area contributed by atoms with Crippen LogP contribution in [0.15, 0.2) is 76.6 Å². The molecule has 0 aliphatic heterocycles. The molecule has 0 saturated carbocycles. The van der Waals surface area contributed by atoms with Crippen LogP contribution in [0.3, 0.4) is 0 Å². The van der Waals surface area contributed by atoms with E-state index in [0.29, 0.717) is 28.1 Å². The molecule has 0 spiro atoms. The van der Waals surface area contributed by atoms with Gasteiger partial charge < -0.3 is 18.7 Å². The Kier molecular flexibility index (Phi) is 6.49. The smallest absolute Gasteiger partial charge is 0.163 e. The molecular formula is C26H21ClN2O4S. The van der Waals surface area contributed by atoms with Crippen LogP contribution in [0.2, 0.25) is 5.15 Å². The first kappa shape index (κ1) is 22.4. The van der Waals surface area contributed by atoms with Gasteiger partial charge >= 0.3 is 0 Å². The minimum absolute atomic E-state index is 0.214. The lowest BCUT2D eigenvalue weighted by atomic mass is 10.1. The Morgan fingerprint density at radius 2 is 1.82 bits per heavy atom. The number of hydrogen-bond donors (Lipinski definition) is 0. The molecule has 5 rings (SSSR count). The molecule has 0 fully saturated rings. The van der Waals surface area contributed by atoms with Crippen molar-refractivity contribution in [3.8, 4) is 22.8 Å². The van der Waals surface area contributed by atoms with Crippen LogP contribution in [-0.4, -0.2) is 24.4 Å². The van der Waals surface area contributed by atoms with Crippen LogP contribution in [0.1, 0.15) is 22.3 Å². The molecule has 2 aromatic carbocycles. The van der Waals surface area contributed by atoms with Crippen LogP contribution in [0.4, 0.5) is 0 Å². The van der Waals surface area contributed by atoms with Crippen molar-refractivity contribution in [3.05, 3.63) is 93.5 Å². The Balaban J connectivity index is 1.41. The fraction of sp³-hybridized carbons (Fsp3) is 0.154. The van der Waals surface area contributed by atoms with Gasteiger partial charge in [-0.05, 0) is 41.8 Å². The van der Waals surface area contributed by atoms with E-state index in [4.69, 9.17) is 30.3 Å². The maximum atomic E-state index is 6.59. The number of fused-ring (bicyclic) bond motifs is 1. The van der Waals surface area contributed by atoms with Crippen molar-refractivity contribution in [1.82, 2.24) is 10.1 Å². The Hall–Kier alpha value is -3.39. The second-order valence-electron chi connectivity index (χ2n) is 7.52. The summed E-state index contributed by atoms with van der Waals surface area (Å²) in [6.07, 6.45) is -0.390. The van der Waals surface area contributed by atoms with E-state index in [9.17, 15) is 0 Å². The number of methoxy groups -OCH3 is 2. The lowest BCUT2D eigenvalue weighted by Crippen LogP contribution is -2.06. The van der Waals surface area contributed by atoms with Crippen LogP contribution in [0.5, 0.6) is 11.5 Å². The number of benzene rings is 2. The van der Waals surface area contributed by atoms with Crippen molar-refractivity contribution in [1.29, 1.82) is 0 Å². The summed E-state index contributed by atoms with van der Waals surface area (Å²) < 4.78 is 22.6. The van der Waals surface area contributed by atoms with Crippen LogP contribution in [0, 0.1) is 0 Å². The predicted octanol–water partition coefficient (Wildman–Crippen LogP) is 6.93. The van der Waals surface area contributed by atoms with E-state index in [1.165, 1.54) is 0 Å². The first-order valence-electron chi connectivity index (χ1n) is 10.5. The molecule has 8 heteroatoms. The van der Waals surface area contributed by atoms with Crippen molar-refractivity contribution >= 4 is 33.8 Å². The normalized spacial score (nSPS) is 12.1. The highest BCUT2D eigenvalue weighted by Gasteiger charge is 2.22. The molecule has 0 bridgehead atoms. The number of aromatic nitrogens is 2. The molecule has 6 nitrogen and oxygen atoms in total. The molecule has 5 aromatic rings. The molecule has 0 radical (unpaired) electrons. The highest BCUT2D eigenvalue weighted by molar-refractivity contribution is 7.10. The molecular weight excluding hydrogens is 472 g/mol. The third-order valence-corrected chi connectivity index (χ3v) is 6.64. The Morgan fingerprint density at radius 1 is 0.971 bits per heavy atom. The average molecular weight is 493 g/mol. The molecule has 0 N–H and O–H groups in total. The summed E-state index contributed by atoms with van der Waals surface area (Å²) in [6.45, 7) is 0.214. The van der Waals surface area contributed by atoms with Crippen LogP contribution < -0.4 is 9.47 Å². The standard InChI is InChI=1S/C26H21ClN2O4S/c1-30-22-10-9-17(13-23(22)31-2)21-14-18(33-29-21)15-32-25(24-8-5-11-34-24)19-12-16-6-3-4-7-20(16)28-26(19)27/h3-14,25H,15H2,1-2H3. The van der Waals surface area contributed by atoms with Crippen LogP contribution in [0.25, 0.3) is 22.2 Å². The summed E-state index contributed by atoms with van der Waals surface area (Å²) >= 11 is 8.19. The fourth-order valence-corrected chi connectivity index (χ4v) is 4.77. The van der Waals surface area contributed by atoms with Crippen LogP contribution in [-0.2, 0) is 11.3 Å². The molecule has 0 amide bonds. The van der Waals surface area contributed by atoms with Crippen molar-refractivity contribution in [2.24, 2.45) is 0 Å². The molecule has 172 valence electrons. The molecule has 34 heavy (non-hydrogen) atoms. The second-order valence-corrected chi connectivity index (χ2v) is 8.85. The Morgan fingerprint density at radius 3 is 2.62 bits per heavy atom. The van der Waals surface area contributed by atoms with Crippen molar-refractivity contribution in [2.45, 2.75) is 12.7 Å². The van der Waals surface area contributed by atoms with Crippen molar-refractivity contribution in [2.75, 3.05) is 14.2 Å². The maximum absolute atomic E-state index is 6.59. The first-order valence-corrected chi connectivity index (χ1v) is 11.8. The van der Waals surface area contributed by atoms with Gasteiger partial charge in [0.15, 0.2) is 17.3 Å². The van der Waals surface area contributed by atoms with E-state index in [-0.39, 0.29) is 12.7 Å². The number of rotatable bonds is 8. The van der Waals surface area contributed by atoms with Gasteiger partial charge in [-0.2, -0.15) is 0 Å². The highest BCUT2D eigenvalue weighted by Crippen LogP contribution is 2.36. The lowest BCUT2D eigenvalue weighted by Gasteiger charge is -2.18. The van der Waals surface area contributed by atoms with E-state index in [1.807, 2.05) is 72.1 Å². The Bertz CT molecular complexity index is 1420.